The minimum Gasteiger partial charge on any atom is -0.406 e. The number of aromatic amines is 1. The molecule has 0 spiro atoms. The van der Waals surface area contributed by atoms with Gasteiger partial charge in [-0.05, 0) is 60.3 Å². The number of fused-ring (bicyclic) bond motifs is 1. The van der Waals surface area contributed by atoms with Crippen molar-refractivity contribution < 1.29 is 31.9 Å². The van der Waals surface area contributed by atoms with E-state index in [4.69, 9.17) is 14.0 Å². The van der Waals surface area contributed by atoms with Gasteiger partial charge >= 0.3 is 6.36 Å². The van der Waals surface area contributed by atoms with Gasteiger partial charge in [0, 0.05) is 43.4 Å². The van der Waals surface area contributed by atoms with E-state index in [1.54, 1.807) is 24.7 Å². The van der Waals surface area contributed by atoms with Gasteiger partial charge in [0.2, 0.25) is 0 Å². The molecule has 2 aromatic carbocycles. The number of anilines is 1. The van der Waals surface area contributed by atoms with Crippen LogP contribution in [0.2, 0.25) is 0 Å². The van der Waals surface area contributed by atoms with Gasteiger partial charge in [0.05, 0.1) is 31.1 Å². The lowest BCUT2D eigenvalue weighted by atomic mass is 10.1. The third-order valence-electron chi connectivity index (χ3n) is 5.68. The monoisotopic (exact) mass is 533 g/mol. The Morgan fingerprint density at radius 3 is 2.63 bits per heavy atom. The summed E-state index contributed by atoms with van der Waals surface area (Å²) >= 11 is 0. The molecule has 0 aliphatic carbocycles. The van der Waals surface area contributed by atoms with Gasteiger partial charge in [-0.2, -0.15) is 5.10 Å². The largest absolute Gasteiger partial charge is 0.573 e. The van der Waals surface area contributed by atoms with E-state index < -0.39 is 6.36 Å². The first-order valence-electron chi connectivity index (χ1n) is 12.2. The molecule has 0 saturated carbocycles. The topological polar surface area (TPSA) is 106 Å². The normalized spacial score (nSPS) is 11.8. The molecule has 2 aromatic heterocycles. The van der Waals surface area contributed by atoms with Crippen LogP contribution in [-0.4, -0.2) is 55.1 Å². The predicted octanol–water partition coefficient (Wildman–Crippen LogP) is 5.26. The molecule has 0 aliphatic rings. The van der Waals surface area contributed by atoms with Crippen LogP contribution in [0.25, 0.3) is 22.0 Å². The molecular weight excluding hydrogens is 503 g/mol. The van der Waals surface area contributed by atoms with Gasteiger partial charge in [-0.25, -0.2) is 0 Å². The van der Waals surface area contributed by atoms with Crippen molar-refractivity contribution in [1.82, 2.24) is 20.7 Å². The molecule has 0 radical (unpaired) electrons. The predicted molar refractivity (Wildman–Crippen MR) is 136 cm³/mol. The van der Waals surface area contributed by atoms with Gasteiger partial charge in [0.15, 0.2) is 0 Å². The molecule has 0 saturated heterocycles. The average Bonchev–Trinajstić information content (AvgIpc) is 3.56. The summed E-state index contributed by atoms with van der Waals surface area (Å²) < 4.78 is 57.6. The molecule has 38 heavy (non-hydrogen) atoms. The number of ether oxygens (including phenoxy) is 3. The molecule has 4 aromatic rings. The number of aromatic nitrogens is 3. The van der Waals surface area contributed by atoms with E-state index in [0.29, 0.717) is 44.0 Å². The molecule has 12 heteroatoms. The maximum Gasteiger partial charge on any atom is 0.573 e. The lowest BCUT2D eigenvalue weighted by molar-refractivity contribution is -0.274. The number of rotatable bonds is 15. The highest BCUT2D eigenvalue weighted by Crippen LogP contribution is 2.30. The number of hydrogen-bond donors (Lipinski definition) is 3. The van der Waals surface area contributed by atoms with Crippen LogP contribution < -0.4 is 15.4 Å². The second kappa shape index (κ2) is 13.3. The summed E-state index contributed by atoms with van der Waals surface area (Å²) in [5, 5.41) is 18.5. The van der Waals surface area contributed by atoms with Crippen LogP contribution in [0.5, 0.6) is 5.75 Å². The maximum atomic E-state index is 12.6. The van der Waals surface area contributed by atoms with Crippen molar-refractivity contribution in [3.05, 3.63) is 60.1 Å². The van der Waals surface area contributed by atoms with Crippen molar-refractivity contribution in [3.8, 4) is 16.9 Å². The van der Waals surface area contributed by atoms with Crippen molar-refractivity contribution in [2.75, 3.05) is 38.7 Å². The van der Waals surface area contributed by atoms with Gasteiger partial charge in [-0.3, -0.25) is 5.10 Å². The van der Waals surface area contributed by atoms with E-state index in [-0.39, 0.29) is 12.4 Å². The standard InChI is InChI=1S/C26H30F3N5O4/c1-35-16-19-8-18(9-22(10-19)38-26(27,28)29)13-30-4-2-3-6-36-7-5-31-24-11-20(21-14-33-37-17-21)12-25-23(24)15-32-34-25/h8-12,14-15,17,30-31H,2-7,13,16H2,1H3,(H,32,34). The van der Waals surface area contributed by atoms with E-state index in [1.807, 2.05) is 12.1 Å². The highest BCUT2D eigenvalue weighted by atomic mass is 19.4. The molecular formula is C26H30F3N5O4. The summed E-state index contributed by atoms with van der Waals surface area (Å²) in [5.41, 5.74) is 5.01. The Labute approximate surface area is 217 Å². The van der Waals surface area contributed by atoms with Crippen LogP contribution in [-0.2, 0) is 22.6 Å². The van der Waals surface area contributed by atoms with Gasteiger partial charge in [-0.1, -0.05) is 11.2 Å². The first kappa shape index (κ1) is 27.4. The summed E-state index contributed by atoms with van der Waals surface area (Å²) in [7, 11) is 1.49. The number of unbranched alkanes of at least 4 members (excludes halogenated alkanes) is 1. The molecule has 2 heterocycles. The van der Waals surface area contributed by atoms with Crippen molar-refractivity contribution in [2.24, 2.45) is 0 Å². The number of nitrogens with one attached hydrogen (secondary N) is 3. The summed E-state index contributed by atoms with van der Waals surface area (Å²) in [4.78, 5) is 0. The number of halogens is 3. The van der Waals surface area contributed by atoms with Crippen molar-refractivity contribution in [3.63, 3.8) is 0 Å². The molecule has 0 amide bonds. The third-order valence-corrected chi connectivity index (χ3v) is 5.68. The molecule has 9 nitrogen and oxygen atoms in total. The van der Waals surface area contributed by atoms with E-state index in [2.05, 4.69) is 30.7 Å². The van der Waals surface area contributed by atoms with Crippen LogP contribution in [0.3, 0.4) is 0 Å². The number of H-pyrrole nitrogens is 1. The Morgan fingerprint density at radius 1 is 0.974 bits per heavy atom. The molecule has 0 aliphatic heterocycles. The quantitative estimate of drug-likeness (QED) is 0.178. The molecule has 204 valence electrons. The fourth-order valence-electron chi connectivity index (χ4n) is 4.03. The molecule has 0 bridgehead atoms. The average molecular weight is 534 g/mol. The van der Waals surface area contributed by atoms with E-state index in [0.717, 1.165) is 40.6 Å². The zero-order chi connectivity index (χ0) is 26.8. The van der Waals surface area contributed by atoms with E-state index in [9.17, 15) is 13.2 Å². The summed E-state index contributed by atoms with van der Waals surface area (Å²) in [6.07, 6.45) is 2.02. The van der Waals surface area contributed by atoms with Gasteiger partial charge in [0.25, 0.3) is 0 Å². The molecule has 0 atom stereocenters. The minimum absolute atomic E-state index is 0.203. The van der Waals surface area contributed by atoms with Crippen molar-refractivity contribution in [2.45, 2.75) is 32.4 Å². The van der Waals surface area contributed by atoms with E-state index >= 15 is 0 Å². The third kappa shape index (κ3) is 8.20. The van der Waals surface area contributed by atoms with Crippen molar-refractivity contribution >= 4 is 16.6 Å². The first-order valence-corrected chi connectivity index (χ1v) is 12.2. The smallest absolute Gasteiger partial charge is 0.406 e. The number of hydrogen-bond acceptors (Lipinski definition) is 8. The zero-order valence-corrected chi connectivity index (χ0v) is 20.9. The number of nitrogens with zero attached hydrogens (tertiary/aromatic N) is 2. The second-order valence-corrected chi connectivity index (χ2v) is 8.66. The lowest BCUT2D eigenvalue weighted by Crippen LogP contribution is -2.18. The number of alkyl halides is 3. The summed E-state index contributed by atoms with van der Waals surface area (Å²) in [6, 6.07) is 8.54. The first-order chi connectivity index (χ1) is 18.4. The fraction of sp³-hybridized carbons (Fsp3) is 0.385. The summed E-state index contributed by atoms with van der Waals surface area (Å²) in [5.74, 6) is -0.246. The Kier molecular flexibility index (Phi) is 9.57. The zero-order valence-electron chi connectivity index (χ0n) is 20.9. The maximum absolute atomic E-state index is 12.6. The van der Waals surface area contributed by atoms with Crippen LogP contribution in [0.15, 0.2) is 53.5 Å². The van der Waals surface area contributed by atoms with Crippen molar-refractivity contribution in [1.29, 1.82) is 0 Å². The number of methoxy groups -OCH3 is 1. The molecule has 0 unspecified atom stereocenters. The van der Waals surface area contributed by atoms with Crippen LogP contribution >= 0.6 is 0 Å². The van der Waals surface area contributed by atoms with Gasteiger partial charge in [0.1, 0.15) is 12.0 Å². The SMILES string of the molecule is COCc1cc(CNCCCCOCCNc2cc(-c3cnoc3)cc3[nH]ncc23)cc(OC(F)(F)F)c1. The van der Waals surface area contributed by atoms with E-state index in [1.165, 1.54) is 19.2 Å². The number of benzene rings is 2. The highest BCUT2D eigenvalue weighted by Gasteiger charge is 2.31. The van der Waals surface area contributed by atoms with Crippen LogP contribution in [0.4, 0.5) is 18.9 Å². The molecule has 4 rings (SSSR count). The Morgan fingerprint density at radius 2 is 1.84 bits per heavy atom. The van der Waals surface area contributed by atoms with Gasteiger partial charge in [-0.15, -0.1) is 13.2 Å². The molecule has 3 N–H and O–H groups in total. The lowest BCUT2D eigenvalue weighted by Gasteiger charge is -2.13. The van der Waals surface area contributed by atoms with Crippen LogP contribution in [0.1, 0.15) is 24.0 Å². The Balaban J connectivity index is 1.13. The van der Waals surface area contributed by atoms with Gasteiger partial charge < -0.3 is 29.4 Å². The highest BCUT2D eigenvalue weighted by molar-refractivity contribution is 5.95. The second-order valence-electron chi connectivity index (χ2n) is 8.66. The minimum atomic E-state index is -4.74. The Hall–Kier alpha value is -3.61. The fourth-order valence-corrected chi connectivity index (χ4v) is 4.03. The Bertz CT molecular complexity index is 1280. The molecule has 0 fully saturated rings. The summed E-state index contributed by atoms with van der Waals surface area (Å²) in [6.45, 7) is 3.11. The van der Waals surface area contributed by atoms with Crippen LogP contribution in [0, 0.1) is 0 Å².